The van der Waals surface area contributed by atoms with Gasteiger partial charge in [0, 0.05) is 12.0 Å². The number of hydrogen-bond acceptors (Lipinski definition) is 5. The van der Waals surface area contributed by atoms with Crippen molar-refractivity contribution < 1.29 is 9.18 Å². The van der Waals surface area contributed by atoms with E-state index in [-0.39, 0.29) is 29.4 Å². The molecule has 1 heterocycles. The highest BCUT2D eigenvalue weighted by molar-refractivity contribution is 7.99. The van der Waals surface area contributed by atoms with Gasteiger partial charge >= 0.3 is 0 Å². The Morgan fingerprint density at radius 3 is 2.67 bits per heavy atom. The van der Waals surface area contributed by atoms with Gasteiger partial charge in [-0.1, -0.05) is 44.7 Å². The van der Waals surface area contributed by atoms with E-state index in [0.29, 0.717) is 22.1 Å². The highest BCUT2D eigenvalue weighted by atomic mass is 32.2. The number of aromatic nitrogens is 3. The van der Waals surface area contributed by atoms with Gasteiger partial charge in [0.1, 0.15) is 5.82 Å². The summed E-state index contributed by atoms with van der Waals surface area (Å²) in [6, 6.07) is 4.91. The molecule has 0 radical (unpaired) electrons. The first-order valence-electron chi connectivity index (χ1n) is 7.54. The molecule has 1 amide bonds. The highest BCUT2D eigenvalue weighted by Gasteiger charge is 2.23. The highest BCUT2D eigenvalue weighted by Crippen LogP contribution is 2.23. The summed E-state index contributed by atoms with van der Waals surface area (Å²) >= 11 is 1.21. The van der Waals surface area contributed by atoms with Crippen molar-refractivity contribution in [1.29, 1.82) is 0 Å². The lowest BCUT2D eigenvalue weighted by atomic mass is 9.96. The number of rotatable bonds is 5. The van der Waals surface area contributed by atoms with E-state index in [1.807, 2.05) is 20.8 Å². The van der Waals surface area contributed by atoms with Crippen LogP contribution in [0, 0.1) is 12.7 Å². The van der Waals surface area contributed by atoms with Gasteiger partial charge in [-0.3, -0.25) is 4.79 Å². The standard InChI is InChI=1S/C16H22FN5OS/c1-10-5-6-11(7-12(10)17)8-19-13(23)9-24-15-21-20-14(22(15)18)16(2,3)4/h5-7H,8-9,18H2,1-4H3,(H,19,23). The topological polar surface area (TPSA) is 85.8 Å². The maximum absolute atomic E-state index is 13.5. The molecule has 0 aliphatic heterocycles. The number of halogens is 1. The molecule has 8 heteroatoms. The van der Waals surface area contributed by atoms with Crippen molar-refractivity contribution in [2.75, 3.05) is 11.6 Å². The molecular formula is C16H22FN5OS. The minimum Gasteiger partial charge on any atom is -0.351 e. The van der Waals surface area contributed by atoms with Crippen molar-refractivity contribution >= 4 is 17.7 Å². The molecule has 2 aromatic rings. The van der Waals surface area contributed by atoms with Crippen LogP contribution in [0.15, 0.2) is 23.4 Å². The van der Waals surface area contributed by atoms with Gasteiger partial charge in [-0.15, -0.1) is 10.2 Å². The Hall–Kier alpha value is -2.09. The summed E-state index contributed by atoms with van der Waals surface area (Å²) in [4.78, 5) is 11.9. The van der Waals surface area contributed by atoms with Crippen molar-refractivity contribution in [3.63, 3.8) is 0 Å². The van der Waals surface area contributed by atoms with Crippen LogP contribution in [0.2, 0.25) is 0 Å². The first-order chi connectivity index (χ1) is 11.2. The van der Waals surface area contributed by atoms with Crippen LogP contribution >= 0.6 is 11.8 Å². The SMILES string of the molecule is Cc1ccc(CNC(=O)CSc2nnc(C(C)(C)C)n2N)cc1F. The van der Waals surface area contributed by atoms with Gasteiger partial charge in [0.05, 0.1) is 5.75 Å². The average molecular weight is 351 g/mol. The van der Waals surface area contributed by atoms with Gasteiger partial charge in [0.2, 0.25) is 11.1 Å². The molecule has 1 aromatic heterocycles. The van der Waals surface area contributed by atoms with Gasteiger partial charge < -0.3 is 11.2 Å². The van der Waals surface area contributed by atoms with Crippen LogP contribution in [0.3, 0.4) is 0 Å². The van der Waals surface area contributed by atoms with Crippen LogP contribution in [-0.4, -0.2) is 26.5 Å². The zero-order chi connectivity index (χ0) is 17.9. The molecule has 0 aliphatic carbocycles. The normalized spacial score (nSPS) is 11.5. The van der Waals surface area contributed by atoms with Gasteiger partial charge in [-0.2, -0.15) is 0 Å². The summed E-state index contributed by atoms with van der Waals surface area (Å²) in [6.07, 6.45) is 0. The van der Waals surface area contributed by atoms with Crippen LogP contribution in [0.5, 0.6) is 0 Å². The molecule has 0 unspecified atom stereocenters. The minimum atomic E-state index is -0.276. The van der Waals surface area contributed by atoms with E-state index in [1.165, 1.54) is 22.5 Å². The third-order valence-electron chi connectivity index (χ3n) is 3.39. The molecule has 6 nitrogen and oxygen atoms in total. The van der Waals surface area contributed by atoms with E-state index in [2.05, 4.69) is 15.5 Å². The summed E-state index contributed by atoms with van der Waals surface area (Å²) in [7, 11) is 0. The van der Waals surface area contributed by atoms with E-state index < -0.39 is 0 Å². The van der Waals surface area contributed by atoms with Gasteiger partial charge in [0.15, 0.2) is 5.82 Å². The third kappa shape index (κ3) is 4.47. The van der Waals surface area contributed by atoms with Crippen molar-refractivity contribution in [2.24, 2.45) is 0 Å². The molecule has 1 aromatic carbocycles. The lowest BCUT2D eigenvalue weighted by molar-refractivity contribution is -0.118. The number of nitrogens with zero attached hydrogens (tertiary/aromatic N) is 3. The monoisotopic (exact) mass is 351 g/mol. The minimum absolute atomic E-state index is 0.161. The summed E-state index contributed by atoms with van der Waals surface area (Å²) in [5, 5.41) is 11.3. The van der Waals surface area contributed by atoms with E-state index in [9.17, 15) is 9.18 Å². The molecule has 0 atom stereocenters. The van der Waals surface area contributed by atoms with Crippen molar-refractivity contribution in [1.82, 2.24) is 20.2 Å². The smallest absolute Gasteiger partial charge is 0.230 e. The fourth-order valence-electron chi connectivity index (χ4n) is 2.01. The number of nitrogens with one attached hydrogen (secondary N) is 1. The molecular weight excluding hydrogens is 329 g/mol. The fourth-order valence-corrected chi connectivity index (χ4v) is 2.70. The number of benzene rings is 1. The number of aryl methyl sites for hydroxylation is 1. The Bertz CT molecular complexity index is 739. The Kier molecular flexibility index (Phi) is 5.48. The molecule has 0 saturated carbocycles. The predicted molar refractivity (Wildman–Crippen MR) is 92.6 cm³/mol. The molecule has 130 valence electrons. The first-order valence-corrected chi connectivity index (χ1v) is 8.52. The Morgan fingerprint density at radius 1 is 1.38 bits per heavy atom. The number of nitrogen functional groups attached to an aromatic ring is 1. The predicted octanol–water partition coefficient (Wildman–Crippen LogP) is 2.15. The average Bonchev–Trinajstić information content (AvgIpc) is 2.87. The quantitative estimate of drug-likeness (QED) is 0.637. The fraction of sp³-hybridized carbons (Fsp3) is 0.438. The van der Waals surface area contributed by atoms with Crippen molar-refractivity contribution in [3.05, 3.63) is 41.0 Å². The number of carbonyl (C=O) groups excluding carboxylic acids is 1. The number of carbonyl (C=O) groups is 1. The second-order valence-corrected chi connectivity index (χ2v) is 7.52. The summed E-state index contributed by atoms with van der Waals surface area (Å²) in [5.41, 5.74) is 1.07. The zero-order valence-electron chi connectivity index (χ0n) is 14.3. The summed E-state index contributed by atoms with van der Waals surface area (Å²) < 4.78 is 14.9. The maximum Gasteiger partial charge on any atom is 0.230 e. The second-order valence-electron chi connectivity index (χ2n) is 6.58. The number of thioether (sulfide) groups is 1. The molecule has 0 aliphatic rings. The largest absolute Gasteiger partial charge is 0.351 e. The summed E-state index contributed by atoms with van der Waals surface area (Å²) in [5.74, 6) is 6.33. The zero-order valence-corrected chi connectivity index (χ0v) is 15.1. The molecule has 2 rings (SSSR count). The first kappa shape index (κ1) is 18.3. The van der Waals surface area contributed by atoms with Crippen molar-refractivity contribution in [2.45, 2.75) is 44.8 Å². The van der Waals surface area contributed by atoms with E-state index >= 15 is 0 Å². The Labute approximate surface area is 145 Å². The number of hydrogen-bond donors (Lipinski definition) is 2. The number of amides is 1. The van der Waals surface area contributed by atoms with E-state index in [1.54, 1.807) is 19.1 Å². The maximum atomic E-state index is 13.5. The molecule has 0 fully saturated rings. The second kappa shape index (κ2) is 7.21. The summed E-state index contributed by atoms with van der Waals surface area (Å²) in [6.45, 7) is 7.94. The lowest BCUT2D eigenvalue weighted by Gasteiger charge is -2.16. The molecule has 24 heavy (non-hydrogen) atoms. The van der Waals surface area contributed by atoms with Crippen LogP contribution in [0.25, 0.3) is 0 Å². The molecule has 0 bridgehead atoms. The Balaban J connectivity index is 1.87. The number of nitrogens with two attached hydrogens (primary N) is 1. The van der Waals surface area contributed by atoms with Crippen LogP contribution in [-0.2, 0) is 16.8 Å². The van der Waals surface area contributed by atoms with Crippen LogP contribution in [0.1, 0.15) is 37.7 Å². The van der Waals surface area contributed by atoms with Crippen molar-refractivity contribution in [3.8, 4) is 0 Å². The molecule has 0 spiro atoms. The molecule has 3 N–H and O–H groups in total. The Morgan fingerprint density at radius 2 is 2.08 bits per heavy atom. The van der Waals surface area contributed by atoms with Crippen LogP contribution in [0.4, 0.5) is 4.39 Å². The van der Waals surface area contributed by atoms with Crippen LogP contribution < -0.4 is 11.2 Å². The third-order valence-corrected chi connectivity index (χ3v) is 4.34. The van der Waals surface area contributed by atoms with E-state index in [4.69, 9.17) is 5.84 Å². The van der Waals surface area contributed by atoms with Gasteiger partial charge in [-0.25, -0.2) is 9.07 Å². The molecule has 0 saturated heterocycles. The van der Waals surface area contributed by atoms with E-state index in [0.717, 1.165) is 0 Å². The van der Waals surface area contributed by atoms with Gasteiger partial charge in [0.25, 0.3) is 0 Å². The van der Waals surface area contributed by atoms with Gasteiger partial charge in [-0.05, 0) is 24.1 Å². The lowest BCUT2D eigenvalue weighted by Crippen LogP contribution is -2.26.